The molecule has 1 aliphatic carbocycles. The Bertz CT molecular complexity index is 1350. The number of rotatable bonds is 6. The molecular formula is C26H25N3O3. The minimum absolute atomic E-state index is 0.0415. The third-order valence-corrected chi connectivity index (χ3v) is 6.16. The molecular weight excluding hydrogens is 402 g/mol. The molecule has 1 aliphatic rings. The summed E-state index contributed by atoms with van der Waals surface area (Å²) >= 11 is 0. The number of hydrogen-bond acceptors (Lipinski definition) is 5. The van der Waals surface area contributed by atoms with Gasteiger partial charge in [0.1, 0.15) is 11.4 Å². The van der Waals surface area contributed by atoms with Crippen molar-refractivity contribution in [1.82, 2.24) is 15.2 Å². The van der Waals surface area contributed by atoms with E-state index in [4.69, 9.17) is 9.72 Å². The van der Waals surface area contributed by atoms with E-state index in [0.717, 1.165) is 51.9 Å². The van der Waals surface area contributed by atoms with Crippen LogP contribution in [-0.2, 0) is 12.0 Å². The second kappa shape index (κ2) is 7.57. The lowest BCUT2D eigenvalue weighted by Crippen LogP contribution is -2.05. The normalized spacial score (nSPS) is 14.5. The first-order chi connectivity index (χ1) is 15.4. The molecule has 4 aromatic rings. The molecule has 2 aromatic heterocycles. The van der Waals surface area contributed by atoms with Crippen LogP contribution >= 0.6 is 0 Å². The van der Waals surface area contributed by atoms with Gasteiger partial charge in [-0.1, -0.05) is 12.1 Å². The highest BCUT2D eigenvalue weighted by molar-refractivity contribution is 5.98. The SMILES string of the molecule is COc1cc(C)cc(C(=O)Cc2ccc(C)c(-c3ccc4c(C5(O)CC5)[nH]nc4n3)c2)c1. The molecule has 1 saturated carbocycles. The number of hydrogen-bond donors (Lipinski definition) is 2. The fraction of sp³-hybridized carbons (Fsp3) is 0.269. The van der Waals surface area contributed by atoms with Crippen molar-refractivity contribution in [1.29, 1.82) is 0 Å². The van der Waals surface area contributed by atoms with Crippen LogP contribution in [0.25, 0.3) is 22.3 Å². The van der Waals surface area contributed by atoms with E-state index in [-0.39, 0.29) is 5.78 Å². The van der Waals surface area contributed by atoms with Crippen LogP contribution in [0.4, 0.5) is 0 Å². The number of aromatic amines is 1. The lowest BCUT2D eigenvalue weighted by Gasteiger charge is -2.10. The quantitative estimate of drug-likeness (QED) is 0.437. The third-order valence-electron chi connectivity index (χ3n) is 6.16. The number of aromatic nitrogens is 3. The zero-order valence-corrected chi connectivity index (χ0v) is 18.4. The lowest BCUT2D eigenvalue weighted by molar-refractivity contribution is 0.0992. The number of aliphatic hydroxyl groups is 1. The fourth-order valence-electron chi connectivity index (χ4n) is 4.14. The number of Topliss-reactive ketones (excluding diaryl/α,β-unsaturated/α-hetero) is 1. The van der Waals surface area contributed by atoms with Crippen molar-refractivity contribution >= 4 is 16.8 Å². The average molecular weight is 428 g/mol. The van der Waals surface area contributed by atoms with Crippen LogP contribution in [0.1, 0.15) is 45.6 Å². The van der Waals surface area contributed by atoms with Gasteiger partial charge in [0.2, 0.25) is 0 Å². The molecule has 0 aliphatic heterocycles. The average Bonchev–Trinajstić information content (AvgIpc) is 3.38. The van der Waals surface area contributed by atoms with Gasteiger partial charge in [-0.2, -0.15) is 5.10 Å². The molecule has 2 heterocycles. The molecule has 0 radical (unpaired) electrons. The summed E-state index contributed by atoms with van der Waals surface area (Å²) in [5.41, 5.74) is 5.94. The van der Waals surface area contributed by atoms with Gasteiger partial charge in [-0.05, 0) is 79.8 Å². The summed E-state index contributed by atoms with van der Waals surface area (Å²) in [6.07, 6.45) is 1.78. The van der Waals surface area contributed by atoms with E-state index in [2.05, 4.69) is 10.2 Å². The van der Waals surface area contributed by atoms with Gasteiger partial charge in [0.05, 0.1) is 18.5 Å². The fourth-order valence-corrected chi connectivity index (χ4v) is 4.14. The summed E-state index contributed by atoms with van der Waals surface area (Å²) in [5.74, 6) is 0.726. The summed E-state index contributed by atoms with van der Waals surface area (Å²) < 4.78 is 5.31. The topological polar surface area (TPSA) is 88.1 Å². The van der Waals surface area contributed by atoms with E-state index in [1.807, 2.05) is 56.3 Å². The Hall–Kier alpha value is -3.51. The highest BCUT2D eigenvalue weighted by atomic mass is 16.5. The molecule has 2 N–H and O–H groups in total. The number of pyridine rings is 1. The summed E-state index contributed by atoms with van der Waals surface area (Å²) in [7, 11) is 1.60. The zero-order valence-electron chi connectivity index (χ0n) is 18.4. The first-order valence-electron chi connectivity index (χ1n) is 10.7. The Kier molecular flexibility index (Phi) is 4.82. The number of carbonyl (C=O) groups excluding carboxylic acids is 1. The second-order valence-electron chi connectivity index (χ2n) is 8.69. The van der Waals surface area contributed by atoms with Crippen LogP contribution in [-0.4, -0.2) is 33.2 Å². The van der Waals surface area contributed by atoms with Crippen molar-refractivity contribution in [3.63, 3.8) is 0 Å². The van der Waals surface area contributed by atoms with Crippen LogP contribution < -0.4 is 4.74 Å². The summed E-state index contributed by atoms with van der Waals surface area (Å²) in [4.78, 5) is 17.7. The van der Waals surface area contributed by atoms with E-state index >= 15 is 0 Å². The minimum atomic E-state index is -0.785. The van der Waals surface area contributed by atoms with Crippen LogP contribution in [0.3, 0.4) is 0 Å². The number of aryl methyl sites for hydroxylation is 2. The van der Waals surface area contributed by atoms with Crippen LogP contribution in [0, 0.1) is 13.8 Å². The second-order valence-corrected chi connectivity index (χ2v) is 8.69. The van der Waals surface area contributed by atoms with E-state index < -0.39 is 5.60 Å². The summed E-state index contributed by atoms with van der Waals surface area (Å²) in [5, 5.41) is 18.6. The van der Waals surface area contributed by atoms with E-state index in [0.29, 0.717) is 23.4 Å². The predicted octanol–water partition coefficient (Wildman–Crippen LogP) is 4.66. The zero-order chi connectivity index (χ0) is 22.5. The van der Waals surface area contributed by atoms with E-state index in [1.54, 1.807) is 13.2 Å². The maximum absolute atomic E-state index is 12.9. The van der Waals surface area contributed by atoms with Gasteiger partial charge in [-0.3, -0.25) is 9.89 Å². The Balaban J connectivity index is 1.45. The molecule has 0 spiro atoms. The minimum Gasteiger partial charge on any atom is -0.497 e. The number of nitrogens with one attached hydrogen (secondary N) is 1. The first-order valence-corrected chi connectivity index (χ1v) is 10.7. The molecule has 0 amide bonds. The summed E-state index contributed by atoms with van der Waals surface area (Å²) in [6.45, 7) is 3.98. The Morgan fingerprint density at radius 2 is 1.94 bits per heavy atom. The van der Waals surface area contributed by atoms with Crippen molar-refractivity contribution in [2.24, 2.45) is 0 Å². The molecule has 162 valence electrons. The van der Waals surface area contributed by atoms with Gasteiger partial charge < -0.3 is 9.84 Å². The molecule has 0 saturated heterocycles. The number of ether oxygens (including phenoxy) is 1. The number of benzene rings is 2. The van der Waals surface area contributed by atoms with Crippen molar-refractivity contribution < 1.29 is 14.6 Å². The van der Waals surface area contributed by atoms with E-state index in [1.165, 1.54) is 0 Å². The van der Waals surface area contributed by atoms with Crippen molar-refractivity contribution in [3.05, 3.63) is 76.5 Å². The van der Waals surface area contributed by atoms with Gasteiger partial charge in [0.25, 0.3) is 0 Å². The number of nitrogens with zero attached hydrogens (tertiary/aromatic N) is 2. The maximum atomic E-state index is 12.9. The summed E-state index contributed by atoms with van der Waals surface area (Å²) in [6, 6.07) is 15.5. The van der Waals surface area contributed by atoms with Crippen LogP contribution in [0.15, 0.2) is 48.5 Å². The number of methoxy groups -OCH3 is 1. The molecule has 0 bridgehead atoms. The monoisotopic (exact) mass is 427 g/mol. The number of carbonyl (C=O) groups is 1. The number of H-pyrrole nitrogens is 1. The molecule has 6 nitrogen and oxygen atoms in total. The van der Waals surface area contributed by atoms with Gasteiger partial charge in [-0.15, -0.1) is 0 Å². The predicted molar refractivity (Wildman–Crippen MR) is 123 cm³/mol. The first kappa shape index (κ1) is 20.4. The van der Waals surface area contributed by atoms with Gasteiger partial charge >= 0.3 is 0 Å². The van der Waals surface area contributed by atoms with Crippen molar-refractivity contribution in [3.8, 4) is 17.0 Å². The molecule has 2 aromatic carbocycles. The molecule has 1 fully saturated rings. The molecule has 0 atom stereocenters. The van der Waals surface area contributed by atoms with Crippen molar-refractivity contribution in [2.75, 3.05) is 7.11 Å². The Morgan fingerprint density at radius 3 is 2.69 bits per heavy atom. The molecule has 6 heteroatoms. The molecule has 32 heavy (non-hydrogen) atoms. The smallest absolute Gasteiger partial charge is 0.181 e. The maximum Gasteiger partial charge on any atom is 0.181 e. The highest BCUT2D eigenvalue weighted by Gasteiger charge is 2.45. The molecule has 5 rings (SSSR count). The Morgan fingerprint density at radius 1 is 1.12 bits per heavy atom. The van der Waals surface area contributed by atoms with Gasteiger partial charge in [-0.25, -0.2) is 4.98 Å². The highest BCUT2D eigenvalue weighted by Crippen LogP contribution is 2.46. The number of ketones is 1. The largest absolute Gasteiger partial charge is 0.497 e. The van der Waals surface area contributed by atoms with Gasteiger partial charge in [0.15, 0.2) is 11.4 Å². The Labute approximate surface area is 186 Å². The van der Waals surface area contributed by atoms with Gasteiger partial charge in [0, 0.05) is 22.9 Å². The van der Waals surface area contributed by atoms with E-state index in [9.17, 15) is 9.90 Å². The van der Waals surface area contributed by atoms with Crippen molar-refractivity contribution in [2.45, 2.75) is 38.7 Å². The third kappa shape index (κ3) is 3.67. The standard InChI is InChI=1S/C26H25N3O3/c1-15-10-18(14-19(11-15)32-3)23(30)13-17-5-4-16(2)21(12-17)22-7-6-20-24(26(31)8-9-26)28-29-25(20)27-22/h4-7,10-12,14,31H,8-9,13H2,1-3H3,(H,27,28,29). The molecule has 0 unspecified atom stereocenters. The van der Waals surface area contributed by atoms with Crippen LogP contribution in [0.5, 0.6) is 5.75 Å². The lowest BCUT2D eigenvalue weighted by atomic mass is 9.96. The van der Waals surface area contributed by atoms with Crippen LogP contribution in [0.2, 0.25) is 0 Å². The number of fused-ring (bicyclic) bond motifs is 1.